The SMILES string of the molecule is N#Cc1ccc(NCc2ccc(Br)c(F)c2)c(Br)c1. The Hall–Kier alpha value is -1.38. The molecule has 0 radical (unpaired) electrons. The smallest absolute Gasteiger partial charge is 0.137 e. The summed E-state index contributed by atoms with van der Waals surface area (Å²) in [5.41, 5.74) is 2.30. The highest BCUT2D eigenvalue weighted by Gasteiger charge is 2.03. The first-order valence-electron chi connectivity index (χ1n) is 5.47. The summed E-state index contributed by atoms with van der Waals surface area (Å²) < 4.78 is 14.6. The normalized spacial score (nSPS) is 10.0. The fraction of sp³-hybridized carbons (Fsp3) is 0.0714. The van der Waals surface area contributed by atoms with Crippen LogP contribution in [0.1, 0.15) is 11.1 Å². The zero-order valence-electron chi connectivity index (χ0n) is 9.75. The van der Waals surface area contributed by atoms with Crippen molar-refractivity contribution in [2.75, 3.05) is 5.32 Å². The molecule has 0 amide bonds. The van der Waals surface area contributed by atoms with E-state index in [2.05, 4.69) is 43.2 Å². The molecule has 2 rings (SSSR count). The molecule has 0 aromatic heterocycles. The number of halogens is 3. The van der Waals surface area contributed by atoms with E-state index in [1.165, 1.54) is 6.07 Å². The molecule has 5 heteroatoms. The van der Waals surface area contributed by atoms with Crippen LogP contribution in [0.25, 0.3) is 0 Å². The standard InChI is InChI=1S/C14H9Br2FN2/c15-11-3-1-10(6-13(11)17)8-19-14-4-2-9(7-18)5-12(14)16/h1-6,19H,8H2. The summed E-state index contributed by atoms with van der Waals surface area (Å²) in [6.45, 7) is 0.509. The minimum absolute atomic E-state index is 0.279. The summed E-state index contributed by atoms with van der Waals surface area (Å²) in [4.78, 5) is 0. The van der Waals surface area contributed by atoms with E-state index >= 15 is 0 Å². The van der Waals surface area contributed by atoms with Crippen LogP contribution in [-0.4, -0.2) is 0 Å². The highest BCUT2D eigenvalue weighted by atomic mass is 79.9. The Labute approximate surface area is 127 Å². The molecule has 0 atom stereocenters. The molecular weight excluding hydrogens is 375 g/mol. The average Bonchev–Trinajstić information content (AvgIpc) is 2.41. The van der Waals surface area contributed by atoms with Gasteiger partial charge in [-0.3, -0.25) is 0 Å². The van der Waals surface area contributed by atoms with Crippen LogP contribution in [0.3, 0.4) is 0 Å². The van der Waals surface area contributed by atoms with Crippen molar-refractivity contribution in [1.29, 1.82) is 5.26 Å². The van der Waals surface area contributed by atoms with Crippen molar-refractivity contribution in [3.63, 3.8) is 0 Å². The molecular formula is C14H9Br2FN2. The first-order chi connectivity index (χ1) is 9.10. The van der Waals surface area contributed by atoms with Crippen molar-refractivity contribution in [1.82, 2.24) is 0 Å². The van der Waals surface area contributed by atoms with Crippen molar-refractivity contribution < 1.29 is 4.39 Å². The van der Waals surface area contributed by atoms with Gasteiger partial charge in [0.1, 0.15) is 5.82 Å². The van der Waals surface area contributed by atoms with Gasteiger partial charge in [0, 0.05) is 16.7 Å². The fourth-order valence-corrected chi connectivity index (χ4v) is 2.34. The Bertz CT molecular complexity index is 650. The van der Waals surface area contributed by atoms with E-state index in [9.17, 15) is 4.39 Å². The Balaban J connectivity index is 2.10. The quantitative estimate of drug-likeness (QED) is 0.823. The lowest BCUT2D eigenvalue weighted by atomic mass is 10.2. The molecule has 19 heavy (non-hydrogen) atoms. The Morgan fingerprint density at radius 3 is 2.53 bits per heavy atom. The largest absolute Gasteiger partial charge is 0.380 e. The summed E-state index contributed by atoms with van der Waals surface area (Å²) in [7, 11) is 0. The average molecular weight is 384 g/mol. The van der Waals surface area contributed by atoms with Crippen LogP contribution in [0.2, 0.25) is 0 Å². The second-order valence-electron chi connectivity index (χ2n) is 3.91. The molecule has 0 spiro atoms. The van der Waals surface area contributed by atoms with Gasteiger partial charge in [0.15, 0.2) is 0 Å². The molecule has 2 aromatic rings. The minimum atomic E-state index is -0.279. The highest BCUT2D eigenvalue weighted by Crippen LogP contribution is 2.24. The number of nitriles is 1. The van der Waals surface area contributed by atoms with Crippen LogP contribution < -0.4 is 5.32 Å². The number of hydrogen-bond acceptors (Lipinski definition) is 2. The van der Waals surface area contributed by atoms with E-state index in [-0.39, 0.29) is 5.82 Å². The van der Waals surface area contributed by atoms with Gasteiger partial charge in [0.2, 0.25) is 0 Å². The second kappa shape index (κ2) is 6.18. The zero-order chi connectivity index (χ0) is 13.8. The molecule has 0 heterocycles. The number of rotatable bonds is 3. The van der Waals surface area contributed by atoms with Crippen molar-refractivity contribution in [2.45, 2.75) is 6.54 Å². The number of hydrogen-bond donors (Lipinski definition) is 1. The summed E-state index contributed by atoms with van der Waals surface area (Å²) >= 11 is 6.51. The maximum atomic E-state index is 13.4. The Morgan fingerprint density at radius 2 is 1.89 bits per heavy atom. The molecule has 2 nitrogen and oxygen atoms in total. The van der Waals surface area contributed by atoms with Gasteiger partial charge < -0.3 is 5.32 Å². The van der Waals surface area contributed by atoms with Gasteiger partial charge in [0.05, 0.1) is 16.1 Å². The van der Waals surface area contributed by atoms with Crippen LogP contribution in [-0.2, 0) is 6.54 Å². The van der Waals surface area contributed by atoms with E-state index in [1.807, 2.05) is 12.1 Å². The van der Waals surface area contributed by atoms with Crippen molar-refractivity contribution in [3.05, 3.63) is 62.3 Å². The molecule has 0 saturated carbocycles. The number of anilines is 1. The predicted molar refractivity (Wildman–Crippen MR) is 80.3 cm³/mol. The molecule has 0 aliphatic heterocycles. The first-order valence-corrected chi connectivity index (χ1v) is 7.06. The number of nitrogens with one attached hydrogen (secondary N) is 1. The van der Waals surface area contributed by atoms with Gasteiger partial charge >= 0.3 is 0 Å². The van der Waals surface area contributed by atoms with E-state index in [1.54, 1.807) is 18.2 Å². The fourth-order valence-electron chi connectivity index (χ4n) is 1.57. The van der Waals surface area contributed by atoms with Crippen LogP contribution in [0.15, 0.2) is 45.3 Å². The third-order valence-corrected chi connectivity index (χ3v) is 3.86. The van der Waals surface area contributed by atoms with Crippen molar-refractivity contribution in [3.8, 4) is 6.07 Å². The Morgan fingerprint density at radius 1 is 1.11 bits per heavy atom. The van der Waals surface area contributed by atoms with Crippen LogP contribution in [0.4, 0.5) is 10.1 Å². The van der Waals surface area contributed by atoms with E-state index in [0.29, 0.717) is 16.6 Å². The Kier molecular flexibility index (Phi) is 4.56. The monoisotopic (exact) mass is 382 g/mol. The van der Waals surface area contributed by atoms with Gasteiger partial charge in [0.25, 0.3) is 0 Å². The first kappa shape index (κ1) is 14.0. The highest BCUT2D eigenvalue weighted by molar-refractivity contribution is 9.10. The van der Waals surface area contributed by atoms with Crippen LogP contribution in [0.5, 0.6) is 0 Å². The van der Waals surface area contributed by atoms with E-state index < -0.39 is 0 Å². The molecule has 0 saturated heterocycles. The number of benzene rings is 2. The molecule has 0 aliphatic carbocycles. The molecule has 0 bridgehead atoms. The summed E-state index contributed by atoms with van der Waals surface area (Å²) in [5, 5.41) is 12.0. The maximum absolute atomic E-state index is 13.4. The van der Waals surface area contributed by atoms with Crippen molar-refractivity contribution in [2.24, 2.45) is 0 Å². The lowest BCUT2D eigenvalue weighted by Crippen LogP contribution is -2.00. The molecule has 0 unspecified atom stereocenters. The van der Waals surface area contributed by atoms with Crippen molar-refractivity contribution >= 4 is 37.5 Å². The molecule has 0 aliphatic rings. The molecule has 0 fully saturated rings. The predicted octanol–water partition coefficient (Wildman–Crippen LogP) is 4.83. The van der Waals surface area contributed by atoms with Gasteiger partial charge in [-0.15, -0.1) is 0 Å². The van der Waals surface area contributed by atoms with E-state index in [0.717, 1.165) is 15.7 Å². The summed E-state index contributed by atoms with van der Waals surface area (Å²) in [6.07, 6.45) is 0. The molecule has 1 N–H and O–H groups in total. The summed E-state index contributed by atoms with van der Waals surface area (Å²) in [6, 6.07) is 12.4. The lowest BCUT2D eigenvalue weighted by Gasteiger charge is -2.09. The third-order valence-electron chi connectivity index (χ3n) is 2.57. The molecule has 96 valence electrons. The maximum Gasteiger partial charge on any atom is 0.137 e. The van der Waals surface area contributed by atoms with E-state index in [4.69, 9.17) is 5.26 Å². The second-order valence-corrected chi connectivity index (χ2v) is 5.62. The topological polar surface area (TPSA) is 35.8 Å². The molecule has 2 aromatic carbocycles. The van der Waals surface area contributed by atoms with Gasteiger partial charge in [-0.2, -0.15) is 5.26 Å². The van der Waals surface area contributed by atoms with Gasteiger partial charge in [-0.1, -0.05) is 6.07 Å². The zero-order valence-corrected chi connectivity index (χ0v) is 12.9. The third kappa shape index (κ3) is 3.55. The van der Waals surface area contributed by atoms with Crippen LogP contribution in [0, 0.1) is 17.1 Å². The lowest BCUT2D eigenvalue weighted by molar-refractivity contribution is 0.619. The summed E-state index contributed by atoms with van der Waals surface area (Å²) in [5.74, 6) is -0.279. The number of nitrogens with zero attached hydrogens (tertiary/aromatic N) is 1. The van der Waals surface area contributed by atoms with Gasteiger partial charge in [-0.05, 0) is 67.8 Å². The van der Waals surface area contributed by atoms with Crippen LogP contribution >= 0.6 is 31.9 Å². The minimum Gasteiger partial charge on any atom is -0.380 e. The van der Waals surface area contributed by atoms with Gasteiger partial charge in [-0.25, -0.2) is 4.39 Å².